The van der Waals surface area contributed by atoms with Crippen LogP contribution in [-0.4, -0.2) is 17.8 Å². The second-order valence-electron chi connectivity index (χ2n) is 3.21. The topological polar surface area (TPSA) is 32.3 Å². The first kappa shape index (κ1) is 10.4. The van der Waals surface area contributed by atoms with Crippen LogP contribution in [0.5, 0.6) is 0 Å². The Bertz CT molecular complexity index is 286. The lowest BCUT2D eigenvalue weighted by atomic mass is 10.2. The van der Waals surface area contributed by atoms with Gasteiger partial charge in [-0.15, -0.1) is 0 Å². The molecule has 72 valence electrons. The molecule has 1 atom stereocenters. The molecule has 0 spiro atoms. The predicted octanol–water partition coefficient (Wildman–Crippen LogP) is 2.44. The second kappa shape index (κ2) is 4.49. The number of anilines is 1. The normalized spacial score (nSPS) is 12.6. The summed E-state index contributed by atoms with van der Waals surface area (Å²) >= 11 is 5.97. The van der Waals surface area contributed by atoms with Gasteiger partial charge in [-0.25, -0.2) is 0 Å². The van der Waals surface area contributed by atoms with Gasteiger partial charge in [0.05, 0.1) is 16.8 Å². The van der Waals surface area contributed by atoms with Crippen molar-refractivity contribution in [3.63, 3.8) is 0 Å². The van der Waals surface area contributed by atoms with E-state index in [-0.39, 0.29) is 6.10 Å². The first-order valence-corrected chi connectivity index (χ1v) is 4.65. The molecule has 0 radical (unpaired) electrons. The Kier molecular flexibility index (Phi) is 3.58. The molecule has 1 rings (SSSR count). The van der Waals surface area contributed by atoms with Crippen LogP contribution in [-0.2, 0) is 0 Å². The molecule has 0 saturated heterocycles. The number of rotatable bonds is 3. The summed E-state index contributed by atoms with van der Waals surface area (Å²) in [5, 5.41) is 12.8. The van der Waals surface area contributed by atoms with Crippen molar-refractivity contribution in [1.29, 1.82) is 0 Å². The van der Waals surface area contributed by atoms with Crippen LogP contribution in [0, 0.1) is 6.92 Å². The summed E-state index contributed by atoms with van der Waals surface area (Å²) in [6, 6.07) is 5.79. The molecular weight excluding hydrogens is 186 g/mol. The number of hydrogen-bond acceptors (Lipinski definition) is 2. The fourth-order valence-electron chi connectivity index (χ4n) is 1.02. The third kappa shape index (κ3) is 3.25. The number of aryl methyl sites for hydroxylation is 1. The molecule has 0 fully saturated rings. The maximum Gasteiger partial charge on any atom is 0.0684 e. The zero-order valence-corrected chi connectivity index (χ0v) is 8.60. The lowest BCUT2D eigenvalue weighted by Gasteiger charge is -2.10. The average Bonchev–Trinajstić information content (AvgIpc) is 2.02. The minimum Gasteiger partial charge on any atom is -0.392 e. The van der Waals surface area contributed by atoms with Gasteiger partial charge in [-0.1, -0.05) is 17.7 Å². The Morgan fingerprint density at radius 1 is 1.54 bits per heavy atom. The third-order valence-electron chi connectivity index (χ3n) is 1.71. The summed E-state index contributed by atoms with van der Waals surface area (Å²) in [4.78, 5) is 0. The molecule has 0 aliphatic heterocycles. The van der Waals surface area contributed by atoms with Crippen LogP contribution in [0.15, 0.2) is 18.2 Å². The zero-order valence-electron chi connectivity index (χ0n) is 7.84. The van der Waals surface area contributed by atoms with Gasteiger partial charge in [0.25, 0.3) is 0 Å². The molecule has 3 heteroatoms. The van der Waals surface area contributed by atoms with Crippen molar-refractivity contribution < 1.29 is 5.11 Å². The summed E-state index contributed by atoms with van der Waals surface area (Å²) in [5.74, 6) is 0. The van der Waals surface area contributed by atoms with Gasteiger partial charge in [-0.05, 0) is 31.5 Å². The van der Waals surface area contributed by atoms with E-state index in [9.17, 15) is 0 Å². The number of aliphatic hydroxyl groups excluding tert-OH is 1. The van der Waals surface area contributed by atoms with Gasteiger partial charge >= 0.3 is 0 Å². The molecule has 13 heavy (non-hydrogen) atoms. The van der Waals surface area contributed by atoms with Gasteiger partial charge in [0.1, 0.15) is 0 Å². The van der Waals surface area contributed by atoms with E-state index in [1.54, 1.807) is 6.92 Å². The molecule has 0 aliphatic carbocycles. The lowest BCUT2D eigenvalue weighted by Crippen LogP contribution is -2.15. The molecule has 0 heterocycles. The Labute approximate surface area is 83.5 Å². The van der Waals surface area contributed by atoms with Crippen molar-refractivity contribution in [1.82, 2.24) is 0 Å². The average molecular weight is 200 g/mol. The van der Waals surface area contributed by atoms with Crippen molar-refractivity contribution >= 4 is 17.3 Å². The number of aliphatic hydroxyl groups is 1. The van der Waals surface area contributed by atoms with E-state index in [1.807, 2.05) is 25.1 Å². The first-order valence-electron chi connectivity index (χ1n) is 4.27. The van der Waals surface area contributed by atoms with E-state index >= 15 is 0 Å². The zero-order chi connectivity index (χ0) is 9.84. The molecular formula is C10H14ClNO. The molecule has 0 saturated carbocycles. The van der Waals surface area contributed by atoms with Crippen LogP contribution in [0.3, 0.4) is 0 Å². The maximum absolute atomic E-state index is 9.05. The molecule has 2 nitrogen and oxygen atoms in total. The monoisotopic (exact) mass is 199 g/mol. The lowest BCUT2D eigenvalue weighted by molar-refractivity contribution is 0.208. The molecule has 0 unspecified atom stereocenters. The van der Waals surface area contributed by atoms with E-state index in [0.717, 1.165) is 11.3 Å². The minimum absolute atomic E-state index is 0.364. The van der Waals surface area contributed by atoms with Crippen LogP contribution < -0.4 is 5.32 Å². The standard InChI is InChI=1S/C10H14ClNO/c1-7-3-4-10(9(11)5-7)12-6-8(2)13/h3-5,8,12-13H,6H2,1-2H3/t8-/m1/s1. The Balaban J connectivity index is 2.67. The van der Waals surface area contributed by atoms with Crippen molar-refractivity contribution in [2.24, 2.45) is 0 Å². The molecule has 0 aromatic heterocycles. The van der Waals surface area contributed by atoms with Gasteiger partial charge < -0.3 is 10.4 Å². The van der Waals surface area contributed by atoms with E-state index in [4.69, 9.17) is 16.7 Å². The Morgan fingerprint density at radius 3 is 2.77 bits per heavy atom. The minimum atomic E-state index is -0.364. The van der Waals surface area contributed by atoms with Gasteiger partial charge in [-0.3, -0.25) is 0 Å². The highest BCUT2D eigenvalue weighted by Gasteiger charge is 2.00. The van der Waals surface area contributed by atoms with E-state index in [1.165, 1.54) is 0 Å². The van der Waals surface area contributed by atoms with Crippen LogP contribution >= 0.6 is 11.6 Å². The summed E-state index contributed by atoms with van der Waals surface area (Å²) in [6.45, 7) is 4.24. The Hall–Kier alpha value is -0.730. The summed E-state index contributed by atoms with van der Waals surface area (Å²) in [5.41, 5.74) is 2.00. The molecule has 1 aromatic rings. The predicted molar refractivity (Wildman–Crippen MR) is 56.4 cm³/mol. The van der Waals surface area contributed by atoms with Crippen molar-refractivity contribution in [2.75, 3.05) is 11.9 Å². The van der Waals surface area contributed by atoms with Crippen molar-refractivity contribution in [3.05, 3.63) is 28.8 Å². The van der Waals surface area contributed by atoms with Gasteiger partial charge in [0.2, 0.25) is 0 Å². The van der Waals surface area contributed by atoms with Crippen LogP contribution in [0.25, 0.3) is 0 Å². The molecule has 0 bridgehead atoms. The molecule has 1 aromatic carbocycles. The number of halogens is 1. The second-order valence-corrected chi connectivity index (χ2v) is 3.62. The largest absolute Gasteiger partial charge is 0.392 e. The molecule has 0 aliphatic rings. The van der Waals surface area contributed by atoms with Gasteiger partial charge in [-0.2, -0.15) is 0 Å². The summed E-state index contributed by atoms with van der Waals surface area (Å²) < 4.78 is 0. The quantitative estimate of drug-likeness (QED) is 0.784. The number of hydrogen-bond donors (Lipinski definition) is 2. The SMILES string of the molecule is Cc1ccc(NC[C@@H](C)O)c(Cl)c1. The maximum atomic E-state index is 9.05. The summed E-state index contributed by atoms with van der Waals surface area (Å²) in [6.07, 6.45) is -0.364. The number of nitrogens with one attached hydrogen (secondary N) is 1. The fraction of sp³-hybridized carbons (Fsp3) is 0.400. The smallest absolute Gasteiger partial charge is 0.0684 e. The van der Waals surface area contributed by atoms with E-state index in [2.05, 4.69) is 5.32 Å². The Morgan fingerprint density at radius 2 is 2.23 bits per heavy atom. The van der Waals surface area contributed by atoms with Crippen LogP contribution in [0.4, 0.5) is 5.69 Å². The van der Waals surface area contributed by atoms with Crippen molar-refractivity contribution in [2.45, 2.75) is 20.0 Å². The van der Waals surface area contributed by atoms with Gasteiger partial charge in [0, 0.05) is 6.54 Å². The van der Waals surface area contributed by atoms with Crippen LogP contribution in [0.2, 0.25) is 5.02 Å². The molecule has 2 N–H and O–H groups in total. The first-order chi connectivity index (χ1) is 6.09. The van der Waals surface area contributed by atoms with E-state index in [0.29, 0.717) is 11.6 Å². The summed E-state index contributed by atoms with van der Waals surface area (Å²) in [7, 11) is 0. The molecule has 0 amide bonds. The van der Waals surface area contributed by atoms with Gasteiger partial charge in [0.15, 0.2) is 0 Å². The third-order valence-corrected chi connectivity index (χ3v) is 2.03. The number of benzene rings is 1. The highest BCUT2D eigenvalue weighted by atomic mass is 35.5. The van der Waals surface area contributed by atoms with Crippen molar-refractivity contribution in [3.8, 4) is 0 Å². The fourth-order valence-corrected chi connectivity index (χ4v) is 1.32. The van der Waals surface area contributed by atoms with Crippen LogP contribution in [0.1, 0.15) is 12.5 Å². The highest BCUT2D eigenvalue weighted by molar-refractivity contribution is 6.33. The van der Waals surface area contributed by atoms with E-state index < -0.39 is 0 Å². The highest BCUT2D eigenvalue weighted by Crippen LogP contribution is 2.22.